The van der Waals surface area contributed by atoms with E-state index in [0.717, 1.165) is 44.7 Å². The molecule has 0 saturated heterocycles. The quantitative estimate of drug-likeness (QED) is 0.788. The zero-order chi connectivity index (χ0) is 15.3. The minimum atomic E-state index is 0.241. The van der Waals surface area contributed by atoms with E-state index in [-0.39, 0.29) is 5.92 Å². The molecule has 0 unspecified atom stereocenters. The van der Waals surface area contributed by atoms with Crippen molar-refractivity contribution >= 4 is 5.91 Å². The fraction of sp³-hybridized carbons (Fsp3) is 0.944. The van der Waals surface area contributed by atoms with Gasteiger partial charge in [0.2, 0.25) is 5.91 Å². The molecule has 1 amide bonds. The van der Waals surface area contributed by atoms with E-state index in [0.29, 0.717) is 17.2 Å². The van der Waals surface area contributed by atoms with Crippen LogP contribution < -0.4 is 11.1 Å². The van der Waals surface area contributed by atoms with Crippen LogP contribution in [0.15, 0.2) is 0 Å². The summed E-state index contributed by atoms with van der Waals surface area (Å²) in [6.45, 7) is 6.29. The highest BCUT2D eigenvalue weighted by Gasteiger charge is 2.35. The number of hydrogen-bond acceptors (Lipinski definition) is 2. The van der Waals surface area contributed by atoms with Gasteiger partial charge in [-0.2, -0.15) is 0 Å². The van der Waals surface area contributed by atoms with Gasteiger partial charge < -0.3 is 11.1 Å². The third-order valence-electron chi connectivity index (χ3n) is 5.69. The minimum absolute atomic E-state index is 0.241. The monoisotopic (exact) mass is 294 g/mol. The normalized spacial score (nSPS) is 28.8. The van der Waals surface area contributed by atoms with Gasteiger partial charge in [0, 0.05) is 12.5 Å². The third kappa shape index (κ3) is 4.70. The number of carbonyl (C=O) groups excluding carboxylic acids is 1. The summed E-state index contributed by atoms with van der Waals surface area (Å²) in [7, 11) is 0. The predicted octanol–water partition coefficient (Wildman–Crippen LogP) is 3.47. The Balaban J connectivity index is 1.79. The van der Waals surface area contributed by atoms with E-state index in [9.17, 15) is 4.79 Å². The number of carbonyl (C=O) groups is 1. The van der Waals surface area contributed by atoms with E-state index in [4.69, 9.17) is 5.73 Å². The van der Waals surface area contributed by atoms with Gasteiger partial charge in [-0.15, -0.1) is 0 Å². The number of rotatable bonds is 6. The van der Waals surface area contributed by atoms with Gasteiger partial charge in [-0.1, -0.05) is 26.7 Å². The number of hydrogen-bond donors (Lipinski definition) is 2. The molecule has 0 heterocycles. The zero-order valence-corrected chi connectivity index (χ0v) is 14.0. The molecule has 0 aromatic rings. The van der Waals surface area contributed by atoms with Crippen LogP contribution >= 0.6 is 0 Å². The first-order valence-electron chi connectivity index (χ1n) is 9.02. The molecule has 3 nitrogen and oxygen atoms in total. The maximum Gasteiger partial charge on any atom is 0.223 e. The summed E-state index contributed by atoms with van der Waals surface area (Å²) in [5, 5.41) is 3.30. The molecule has 2 rings (SSSR count). The van der Waals surface area contributed by atoms with Crippen molar-refractivity contribution in [3.8, 4) is 0 Å². The standard InChI is InChI=1S/C18H34N2O/c1-14(2)11-18(9-3-4-10-18)13-20-17(21)16-7-5-15(12-19)6-8-16/h14-16H,3-13,19H2,1-2H3,(H,20,21). The van der Waals surface area contributed by atoms with E-state index >= 15 is 0 Å². The number of nitrogens with one attached hydrogen (secondary N) is 1. The molecule has 0 atom stereocenters. The highest BCUT2D eigenvalue weighted by atomic mass is 16.1. The lowest BCUT2D eigenvalue weighted by Gasteiger charge is -2.33. The van der Waals surface area contributed by atoms with Crippen LogP contribution in [0, 0.1) is 23.2 Å². The highest BCUT2D eigenvalue weighted by molar-refractivity contribution is 5.78. The van der Waals surface area contributed by atoms with Crippen molar-refractivity contribution in [2.24, 2.45) is 28.9 Å². The first kappa shape index (κ1) is 16.8. The fourth-order valence-corrected chi connectivity index (χ4v) is 4.52. The van der Waals surface area contributed by atoms with Crippen LogP contribution in [-0.2, 0) is 4.79 Å². The molecular formula is C18H34N2O. The van der Waals surface area contributed by atoms with Gasteiger partial charge >= 0.3 is 0 Å². The molecule has 0 aliphatic heterocycles. The van der Waals surface area contributed by atoms with Crippen molar-refractivity contribution in [1.29, 1.82) is 0 Å². The Kier molecular flexibility index (Phi) is 6.09. The van der Waals surface area contributed by atoms with Gasteiger partial charge in [0.1, 0.15) is 0 Å². The summed E-state index contributed by atoms with van der Waals surface area (Å²) in [5.74, 6) is 1.92. The molecular weight excluding hydrogens is 260 g/mol. The minimum Gasteiger partial charge on any atom is -0.355 e. The largest absolute Gasteiger partial charge is 0.355 e. The van der Waals surface area contributed by atoms with Gasteiger partial charge in [0.15, 0.2) is 0 Å². The smallest absolute Gasteiger partial charge is 0.223 e. The molecule has 3 heteroatoms. The first-order chi connectivity index (χ1) is 10.0. The van der Waals surface area contributed by atoms with Crippen molar-refractivity contribution in [1.82, 2.24) is 5.32 Å². The lowest BCUT2D eigenvalue weighted by molar-refractivity contribution is -0.126. The Hall–Kier alpha value is -0.570. The van der Waals surface area contributed by atoms with Crippen molar-refractivity contribution in [2.45, 2.75) is 71.6 Å². The van der Waals surface area contributed by atoms with Crippen LogP contribution in [0.1, 0.15) is 71.6 Å². The summed E-state index contributed by atoms with van der Waals surface area (Å²) >= 11 is 0. The summed E-state index contributed by atoms with van der Waals surface area (Å²) in [4.78, 5) is 12.4. The molecule has 2 aliphatic carbocycles. The zero-order valence-electron chi connectivity index (χ0n) is 14.0. The van der Waals surface area contributed by atoms with Crippen molar-refractivity contribution in [2.75, 3.05) is 13.1 Å². The van der Waals surface area contributed by atoms with Crippen LogP contribution in [0.4, 0.5) is 0 Å². The molecule has 0 radical (unpaired) electrons. The summed E-state index contributed by atoms with van der Waals surface area (Å²) in [6, 6.07) is 0. The maximum absolute atomic E-state index is 12.4. The second kappa shape index (κ2) is 7.62. The molecule has 0 spiro atoms. The van der Waals surface area contributed by atoms with Gasteiger partial charge in [-0.05, 0) is 68.7 Å². The molecule has 3 N–H and O–H groups in total. The first-order valence-corrected chi connectivity index (χ1v) is 9.02. The van der Waals surface area contributed by atoms with Gasteiger partial charge in [0.05, 0.1) is 0 Å². The Labute approximate surface area is 130 Å². The van der Waals surface area contributed by atoms with Crippen LogP contribution in [0.2, 0.25) is 0 Å². The lowest BCUT2D eigenvalue weighted by Crippen LogP contribution is -2.41. The summed E-state index contributed by atoms with van der Waals surface area (Å²) < 4.78 is 0. The molecule has 2 aliphatic rings. The van der Waals surface area contributed by atoms with E-state index in [1.54, 1.807) is 0 Å². The van der Waals surface area contributed by atoms with E-state index in [1.807, 2.05) is 0 Å². The second-order valence-corrected chi connectivity index (χ2v) is 7.98. The van der Waals surface area contributed by atoms with Crippen molar-refractivity contribution in [3.05, 3.63) is 0 Å². The summed E-state index contributed by atoms with van der Waals surface area (Å²) in [5.41, 5.74) is 6.12. The second-order valence-electron chi connectivity index (χ2n) is 7.98. The van der Waals surface area contributed by atoms with Crippen LogP contribution in [0.5, 0.6) is 0 Å². The van der Waals surface area contributed by atoms with Crippen LogP contribution in [0.25, 0.3) is 0 Å². The van der Waals surface area contributed by atoms with E-state index in [2.05, 4.69) is 19.2 Å². The Bertz CT molecular complexity index is 326. The van der Waals surface area contributed by atoms with E-state index in [1.165, 1.54) is 32.1 Å². The average molecular weight is 294 g/mol. The topological polar surface area (TPSA) is 55.1 Å². The molecule has 122 valence electrons. The number of nitrogens with two attached hydrogens (primary N) is 1. The predicted molar refractivity (Wildman–Crippen MR) is 87.9 cm³/mol. The number of amides is 1. The molecule has 0 aromatic heterocycles. The Morgan fingerprint density at radius 3 is 2.33 bits per heavy atom. The molecule has 0 bridgehead atoms. The Morgan fingerprint density at radius 1 is 1.19 bits per heavy atom. The van der Waals surface area contributed by atoms with Crippen LogP contribution in [0.3, 0.4) is 0 Å². The van der Waals surface area contributed by atoms with Gasteiger partial charge in [-0.25, -0.2) is 0 Å². The van der Waals surface area contributed by atoms with Gasteiger partial charge in [-0.3, -0.25) is 4.79 Å². The highest BCUT2D eigenvalue weighted by Crippen LogP contribution is 2.42. The third-order valence-corrected chi connectivity index (χ3v) is 5.69. The molecule has 2 fully saturated rings. The maximum atomic E-state index is 12.4. The van der Waals surface area contributed by atoms with Crippen LogP contribution in [-0.4, -0.2) is 19.0 Å². The van der Waals surface area contributed by atoms with Gasteiger partial charge in [0.25, 0.3) is 0 Å². The van der Waals surface area contributed by atoms with E-state index < -0.39 is 0 Å². The molecule has 2 saturated carbocycles. The SMILES string of the molecule is CC(C)CC1(CNC(=O)C2CCC(CN)CC2)CCCC1. The lowest BCUT2D eigenvalue weighted by atomic mass is 9.78. The average Bonchev–Trinajstić information content (AvgIpc) is 2.93. The molecule has 21 heavy (non-hydrogen) atoms. The Morgan fingerprint density at radius 2 is 1.81 bits per heavy atom. The van der Waals surface area contributed by atoms with Crippen molar-refractivity contribution < 1.29 is 4.79 Å². The summed E-state index contributed by atoms with van der Waals surface area (Å²) in [6.07, 6.45) is 10.9. The van der Waals surface area contributed by atoms with Crippen molar-refractivity contribution in [3.63, 3.8) is 0 Å². The molecule has 0 aromatic carbocycles. The fourth-order valence-electron chi connectivity index (χ4n) is 4.52.